The van der Waals surface area contributed by atoms with Crippen molar-refractivity contribution in [1.29, 1.82) is 0 Å². The minimum absolute atomic E-state index is 0.371. The van der Waals surface area contributed by atoms with Gasteiger partial charge in [0.1, 0.15) is 10.4 Å². The molecule has 1 heterocycles. The fourth-order valence-electron chi connectivity index (χ4n) is 1.39. The first-order valence-corrected chi connectivity index (χ1v) is 6.72. The fraction of sp³-hybridized carbons (Fsp3) is 0.154. The number of benzene rings is 1. The maximum absolute atomic E-state index is 11.6. The largest absolute Gasteiger partial charge is 0.437 e. The summed E-state index contributed by atoms with van der Waals surface area (Å²) in [6.45, 7) is 0. The number of halogens is 1. The van der Waals surface area contributed by atoms with Gasteiger partial charge < -0.3 is 10.1 Å². The van der Waals surface area contributed by atoms with E-state index in [4.69, 9.17) is 9.57 Å². The molecule has 1 aromatic carbocycles. The molecule has 2 rings (SSSR count). The third kappa shape index (κ3) is 4.40. The van der Waals surface area contributed by atoms with Crippen LogP contribution in [-0.4, -0.2) is 35.2 Å². The van der Waals surface area contributed by atoms with Crippen molar-refractivity contribution in [2.45, 2.75) is 0 Å². The number of hydrogen-bond donors (Lipinski definition) is 1. The number of carbonyl (C=O) groups is 1. The summed E-state index contributed by atoms with van der Waals surface area (Å²) >= 11 is 3.22. The molecule has 2 amide bonds. The van der Waals surface area contributed by atoms with Crippen LogP contribution in [-0.2, 0) is 4.84 Å². The van der Waals surface area contributed by atoms with E-state index < -0.39 is 0 Å². The van der Waals surface area contributed by atoms with E-state index in [1.165, 1.54) is 20.4 Å². The Bertz CT molecular complexity index is 621. The summed E-state index contributed by atoms with van der Waals surface area (Å²) in [5.74, 6) is 0.959. The number of nitrogens with zero attached hydrogens (tertiary/aromatic N) is 3. The van der Waals surface area contributed by atoms with Crippen LogP contribution in [0.5, 0.6) is 11.6 Å². The highest BCUT2D eigenvalue weighted by molar-refractivity contribution is 9.10. The van der Waals surface area contributed by atoms with Gasteiger partial charge in [-0.05, 0) is 40.2 Å². The van der Waals surface area contributed by atoms with Crippen molar-refractivity contribution in [2.24, 2.45) is 0 Å². The highest BCUT2D eigenvalue weighted by Crippen LogP contribution is 2.22. The average Bonchev–Trinajstić information content (AvgIpc) is 2.48. The third-order valence-electron chi connectivity index (χ3n) is 2.47. The number of urea groups is 1. The summed E-state index contributed by atoms with van der Waals surface area (Å²) in [7, 11) is 2.92. The lowest BCUT2D eigenvalue weighted by Crippen LogP contribution is -2.30. The molecule has 0 aliphatic heterocycles. The van der Waals surface area contributed by atoms with Crippen LogP contribution in [0.3, 0.4) is 0 Å². The molecule has 0 fully saturated rings. The molecule has 8 heteroatoms. The molecule has 0 aliphatic rings. The van der Waals surface area contributed by atoms with Gasteiger partial charge in [-0.3, -0.25) is 9.82 Å². The van der Waals surface area contributed by atoms with Gasteiger partial charge in [0.2, 0.25) is 5.88 Å². The van der Waals surface area contributed by atoms with E-state index in [-0.39, 0.29) is 6.03 Å². The molecular weight excluding hydrogens is 340 g/mol. The van der Waals surface area contributed by atoms with Crippen LogP contribution < -0.4 is 10.1 Å². The Morgan fingerprint density at radius 1 is 1.29 bits per heavy atom. The second-order valence-corrected chi connectivity index (χ2v) is 4.73. The minimum Gasteiger partial charge on any atom is -0.437 e. The fourth-order valence-corrected chi connectivity index (χ4v) is 1.68. The molecule has 0 unspecified atom stereocenters. The van der Waals surface area contributed by atoms with Crippen molar-refractivity contribution in [3.8, 4) is 11.6 Å². The van der Waals surface area contributed by atoms with E-state index >= 15 is 0 Å². The predicted molar refractivity (Wildman–Crippen MR) is 80.0 cm³/mol. The number of carbonyl (C=O) groups excluding carboxylic acids is 1. The zero-order chi connectivity index (χ0) is 15.2. The molecule has 0 radical (unpaired) electrons. The molecular formula is C13H13BrN4O3. The van der Waals surface area contributed by atoms with Gasteiger partial charge in [0.25, 0.3) is 0 Å². The summed E-state index contributed by atoms with van der Waals surface area (Å²) in [4.78, 5) is 24.4. The number of ether oxygens (including phenoxy) is 1. The zero-order valence-corrected chi connectivity index (χ0v) is 13.0. The SMILES string of the molecule is CON(C)C(=O)Nc1ccc(Oc2cncc(Br)n2)cc1. The second-order valence-electron chi connectivity index (χ2n) is 3.92. The van der Waals surface area contributed by atoms with Crippen LogP contribution in [0, 0.1) is 0 Å². The van der Waals surface area contributed by atoms with Gasteiger partial charge in [-0.1, -0.05) is 0 Å². The van der Waals surface area contributed by atoms with E-state index in [1.54, 1.807) is 30.5 Å². The lowest BCUT2D eigenvalue weighted by Gasteiger charge is -2.14. The van der Waals surface area contributed by atoms with Crippen LogP contribution in [0.25, 0.3) is 0 Å². The number of hydroxylamine groups is 2. The molecule has 0 spiro atoms. The van der Waals surface area contributed by atoms with Crippen LogP contribution >= 0.6 is 15.9 Å². The number of hydrogen-bond acceptors (Lipinski definition) is 5. The van der Waals surface area contributed by atoms with Crippen LogP contribution in [0.4, 0.5) is 10.5 Å². The van der Waals surface area contributed by atoms with Gasteiger partial charge >= 0.3 is 6.03 Å². The maximum Gasteiger partial charge on any atom is 0.345 e. The molecule has 0 bridgehead atoms. The van der Waals surface area contributed by atoms with Gasteiger partial charge in [-0.2, -0.15) is 0 Å². The summed E-state index contributed by atoms with van der Waals surface area (Å²) in [6, 6.07) is 6.48. The summed E-state index contributed by atoms with van der Waals surface area (Å²) < 4.78 is 6.13. The van der Waals surface area contributed by atoms with E-state index in [9.17, 15) is 4.79 Å². The number of amides is 2. The normalized spacial score (nSPS) is 10.0. The number of aromatic nitrogens is 2. The Labute approximate surface area is 130 Å². The predicted octanol–water partition coefficient (Wildman–Crippen LogP) is 3.06. The Hall–Kier alpha value is -2.19. The molecule has 1 aromatic heterocycles. The average molecular weight is 353 g/mol. The van der Waals surface area contributed by atoms with Crippen molar-refractivity contribution in [1.82, 2.24) is 15.0 Å². The molecule has 7 nitrogen and oxygen atoms in total. The molecule has 2 aromatic rings. The topological polar surface area (TPSA) is 76.6 Å². The molecule has 1 N–H and O–H groups in total. The van der Waals surface area contributed by atoms with Gasteiger partial charge in [-0.15, -0.1) is 0 Å². The van der Waals surface area contributed by atoms with Gasteiger partial charge in [0.05, 0.1) is 19.5 Å². The van der Waals surface area contributed by atoms with E-state index in [2.05, 4.69) is 31.2 Å². The lowest BCUT2D eigenvalue weighted by molar-refractivity contribution is -0.0598. The van der Waals surface area contributed by atoms with Crippen molar-refractivity contribution < 1.29 is 14.4 Å². The highest BCUT2D eigenvalue weighted by Gasteiger charge is 2.07. The van der Waals surface area contributed by atoms with Crippen molar-refractivity contribution in [3.05, 3.63) is 41.3 Å². The minimum atomic E-state index is -0.371. The molecule has 0 atom stereocenters. The lowest BCUT2D eigenvalue weighted by atomic mass is 10.3. The molecule has 0 saturated carbocycles. The second kappa shape index (κ2) is 7.00. The first kappa shape index (κ1) is 15.2. The van der Waals surface area contributed by atoms with Gasteiger partial charge in [0, 0.05) is 12.7 Å². The van der Waals surface area contributed by atoms with Crippen molar-refractivity contribution in [2.75, 3.05) is 19.5 Å². The maximum atomic E-state index is 11.6. The number of nitrogens with one attached hydrogen (secondary N) is 1. The number of anilines is 1. The van der Waals surface area contributed by atoms with E-state index in [0.29, 0.717) is 21.9 Å². The van der Waals surface area contributed by atoms with Gasteiger partial charge in [-0.25, -0.2) is 14.8 Å². The first-order valence-electron chi connectivity index (χ1n) is 5.93. The summed E-state index contributed by atoms with van der Waals surface area (Å²) in [5.41, 5.74) is 0.622. The Morgan fingerprint density at radius 2 is 2.00 bits per heavy atom. The highest BCUT2D eigenvalue weighted by atomic mass is 79.9. The number of rotatable bonds is 4. The summed E-state index contributed by atoms with van der Waals surface area (Å²) in [5, 5.41) is 3.75. The quantitative estimate of drug-likeness (QED) is 0.855. The smallest absolute Gasteiger partial charge is 0.345 e. The summed E-state index contributed by atoms with van der Waals surface area (Å²) in [6.07, 6.45) is 3.08. The monoisotopic (exact) mass is 352 g/mol. The van der Waals surface area contributed by atoms with Crippen LogP contribution in [0.2, 0.25) is 0 Å². The van der Waals surface area contributed by atoms with E-state index in [0.717, 1.165) is 5.06 Å². The molecule has 0 saturated heterocycles. The van der Waals surface area contributed by atoms with E-state index in [1.807, 2.05) is 0 Å². The van der Waals surface area contributed by atoms with Gasteiger partial charge in [0.15, 0.2) is 0 Å². The zero-order valence-electron chi connectivity index (χ0n) is 11.4. The Balaban J connectivity index is 2.00. The van der Waals surface area contributed by atoms with Crippen LogP contribution in [0.15, 0.2) is 41.3 Å². The van der Waals surface area contributed by atoms with Crippen LogP contribution in [0.1, 0.15) is 0 Å². The molecule has 0 aliphatic carbocycles. The Morgan fingerprint density at radius 3 is 2.62 bits per heavy atom. The standard InChI is InChI=1S/C13H13BrN4O3/c1-18(20-2)13(19)16-9-3-5-10(6-4-9)21-12-8-15-7-11(14)17-12/h3-8H,1-2H3,(H,16,19). The first-order chi connectivity index (χ1) is 10.1. The molecule has 21 heavy (non-hydrogen) atoms. The van der Waals surface area contributed by atoms with Crippen molar-refractivity contribution in [3.63, 3.8) is 0 Å². The molecule has 110 valence electrons. The van der Waals surface area contributed by atoms with Crippen molar-refractivity contribution >= 4 is 27.6 Å². The third-order valence-corrected chi connectivity index (χ3v) is 2.85. The Kier molecular flexibility index (Phi) is 5.07.